The minimum atomic E-state index is 0.125. The van der Waals surface area contributed by atoms with Crippen LogP contribution in [0.4, 0.5) is 5.69 Å². The monoisotopic (exact) mass is 547 g/mol. The molecule has 0 N–H and O–H groups in total. The number of hydrogen-bond donors (Lipinski definition) is 0. The van der Waals surface area contributed by atoms with Crippen LogP contribution in [0.5, 0.6) is 5.75 Å². The SMILES string of the molecule is C1=CCCC(C2=NC(C3C=CC=CC3)N2c2ccc(-n3c4ccccc4c4ccc5c(c43)OC3C=CCCC53)cc2)=C1. The van der Waals surface area contributed by atoms with Crippen LogP contribution in [-0.2, 0) is 0 Å². The zero-order valence-corrected chi connectivity index (χ0v) is 23.6. The Bertz CT molecular complexity index is 1920. The molecule has 206 valence electrons. The Labute approximate surface area is 246 Å². The van der Waals surface area contributed by atoms with E-state index in [1.807, 2.05) is 0 Å². The van der Waals surface area contributed by atoms with Crippen LogP contribution in [0.25, 0.3) is 27.5 Å². The fourth-order valence-electron chi connectivity index (χ4n) is 7.61. The van der Waals surface area contributed by atoms with Crippen molar-refractivity contribution in [2.45, 2.75) is 50.3 Å². The van der Waals surface area contributed by atoms with Crippen molar-refractivity contribution in [3.05, 3.63) is 126 Å². The molecule has 3 aliphatic carbocycles. The molecule has 0 fully saturated rings. The van der Waals surface area contributed by atoms with E-state index in [1.165, 1.54) is 38.6 Å². The van der Waals surface area contributed by atoms with Crippen LogP contribution in [-0.4, -0.2) is 22.7 Å². The Kier molecular flexibility index (Phi) is 5.44. The van der Waals surface area contributed by atoms with Crippen LogP contribution in [0, 0.1) is 5.92 Å². The summed E-state index contributed by atoms with van der Waals surface area (Å²) in [7, 11) is 0. The minimum Gasteiger partial charge on any atom is -0.483 e. The Morgan fingerprint density at radius 3 is 2.55 bits per heavy atom. The number of ether oxygens (including phenoxy) is 1. The maximum Gasteiger partial charge on any atom is 0.148 e. The zero-order valence-electron chi connectivity index (χ0n) is 23.6. The number of nitrogens with zero attached hydrogens (tertiary/aromatic N) is 3. The highest BCUT2D eigenvalue weighted by atomic mass is 16.5. The van der Waals surface area contributed by atoms with E-state index in [4.69, 9.17) is 9.73 Å². The molecule has 4 aromatic rings. The van der Waals surface area contributed by atoms with Gasteiger partial charge in [-0.05, 0) is 74.1 Å². The highest BCUT2D eigenvalue weighted by Gasteiger charge is 2.39. The molecule has 0 radical (unpaired) electrons. The Morgan fingerprint density at radius 2 is 1.69 bits per heavy atom. The van der Waals surface area contributed by atoms with Crippen molar-refractivity contribution >= 4 is 33.3 Å². The van der Waals surface area contributed by atoms with Crippen LogP contribution in [0.2, 0.25) is 0 Å². The van der Waals surface area contributed by atoms with Crippen molar-refractivity contribution in [3.63, 3.8) is 0 Å². The average molecular weight is 548 g/mol. The molecule has 5 aliphatic rings. The summed E-state index contributed by atoms with van der Waals surface area (Å²) in [6.07, 6.45) is 25.8. The second kappa shape index (κ2) is 9.49. The Balaban J connectivity index is 1.16. The van der Waals surface area contributed by atoms with Crippen LogP contribution < -0.4 is 9.64 Å². The lowest BCUT2D eigenvalue weighted by Crippen LogP contribution is -2.53. The number of amidine groups is 1. The van der Waals surface area contributed by atoms with Gasteiger partial charge >= 0.3 is 0 Å². The topological polar surface area (TPSA) is 29.8 Å². The van der Waals surface area contributed by atoms with Crippen molar-refractivity contribution in [1.29, 1.82) is 0 Å². The fraction of sp³-hybridized carbons (Fsp3) is 0.237. The van der Waals surface area contributed by atoms with Crippen LogP contribution >= 0.6 is 0 Å². The lowest BCUT2D eigenvalue weighted by molar-refractivity contribution is 0.246. The molecule has 0 bridgehead atoms. The Morgan fingerprint density at radius 1 is 0.786 bits per heavy atom. The Hall–Kier alpha value is -4.57. The quantitative estimate of drug-likeness (QED) is 0.239. The number of benzene rings is 3. The first-order valence-electron chi connectivity index (χ1n) is 15.4. The summed E-state index contributed by atoms with van der Waals surface area (Å²) in [5.74, 6) is 3.00. The maximum absolute atomic E-state index is 6.71. The number of aromatic nitrogens is 1. The van der Waals surface area contributed by atoms with Gasteiger partial charge in [0.2, 0.25) is 0 Å². The first kappa shape index (κ1) is 24.1. The van der Waals surface area contributed by atoms with Crippen LogP contribution in [0.1, 0.15) is 43.6 Å². The summed E-state index contributed by atoms with van der Waals surface area (Å²) in [5.41, 5.74) is 7.44. The smallest absolute Gasteiger partial charge is 0.148 e. The third-order valence-corrected chi connectivity index (χ3v) is 9.67. The molecule has 4 unspecified atom stereocenters. The average Bonchev–Trinajstić information content (AvgIpc) is 3.58. The maximum atomic E-state index is 6.71. The highest BCUT2D eigenvalue weighted by Crippen LogP contribution is 2.49. The molecule has 3 heterocycles. The molecule has 42 heavy (non-hydrogen) atoms. The summed E-state index contributed by atoms with van der Waals surface area (Å²) >= 11 is 0. The third-order valence-electron chi connectivity index (χ3n) is 9.67. The van der Waals surface area contributed by atoms with E-state index in [0.717, 1.165) is 49.4 Å². The van der Waals surface area contributed by atoms with Gasteiger partial charge in [-0.15, -0.1) is 0 Å². The molecule has 0 amide bonds. The summed E-state index contributed by atoms with van der Waals surface area (Å²) < 4.78 is 9.13. The number of hydrogen-bond acceptors (Lipinski definition) is 3. The highest BCUT2D eigenvalue weighted by molar-refractivity contribution is 6.14. The zero-order chi connectivity index (χ0) is 27.6. The van der Waals surface area contributed by atoms with Crippen LogP contribution in [0.15, 0.2) is 126 Å². The fourth-order valence-corrected chi connectivity index (χ4v) is 7.61. The van der Waals surface area contributed by atoms with Gasteiger partial charge < -0.3 is 14.2 Å². The van der Waals surface area contributed by atoms with Crippen molar-refractivity contribution < 1.29 is 4.74 Å². The summed E-state index contributed by atoms with van der Waals surface area (Å²) in [5, 5.41) is 2.52. The molecular weight excluding hydrogens is 514 g/mol. The lowest BCUT2D eigenvalue weighted by atomic mass is 9.87. The number of fused-ring (bicyclic) bond motifs is 7. The van der Waals surface area contributed by atoms with E-state index in [0.29, 0.717) is 11.8 Å². The molecule has 0 saturated carbocycles. The van der Waals surface area contributed by atoms with Gasteiger partial charge in [0, 0.05) is 39.5 Å². The van der Waals surface area contributed by atoms with Gasteiger partial charge in [0.15, 0.2) is 0 Å². The second-order valence-corrected chi connectivity index (χ2v) is 12.1. The van der Waals surface area contributed by atoms with Crippen molar-refractivity contribution in [2.24, 2.45) is 10.9 Å². The second-order valence-electron chi connectivity index (χ2n) is 12.1. The molecule has 1 aromatic heterocycles. The van der Waals surface area contributed by atoms with Gasteiger partial charge in [-0.2, -0.15) is 0 Å². The van der Waals surface area contributed by atoms with E-state index < -0.39 is 0 Å². The molecule has 4 atom stereocenters. The molecule has 2 aliphatic heterocycles. The van der Waals surface area contributed by atoms with Crippen molar-refractivity contribution in [3.8, 4) is 11.4 Å². The van der Waals surface area contributed by atoms with E-state index in [2.05, 4.69) is 125 Å². The molecular formula is C38H33N3O. The predicted octanol–water partition coefficient (Wildman–Crippen LogP) is 8.93. The normalized spacial score (nSPS) is 25.7. The number of para-hydroxylation sites is 1. The number of allylic oxidation sites excluding steroid dienone is 7. The summed E-state index contributed by atoms with van der Waals surface area (Å²) in [4.78, 5) is 7.65. The summed E-state index contributed by atoms with van der Waals surface area (Å²) in [6.45, 7) is 0. The van der Waals surface area contributed by atoms with Gasteiger partial charge in [0.1, 0.15) is 23.9 Å². The number of rotatable bonds is 4. The van der Waals surface area contributed by atoms with Crippen molar-refractivity contribution in [2.75, 3.05) is 4.90 Å². The van der Waals surface area contributed by atoms with Gasteiger partial charge in [0.25, 0.3) is 0 Å². The van der Waals surface area contributed by atoms with Gasteiger partial charge in [-0.3, -0.25) is 0 Å². The minimum absolute atomic E-state index is 0.125. The number of anilines is 1. The van der Waals surface area contributed by atoms with Crippen LogP contribution in [0.3, 0.4) is 0 Å². The van der Waals surface area contributed by atoms with E-state index in [1.54, 1.807) is 0 Å². The van der Waals surface area contributed by atoms with Gasteiger partial charge in [0.05, 0.1) is 11.0 Å². The standard InChI is InChI=1S/C38H33N3O/c1-3-11-25(12-4-1)37-39-38(26-13-5-2-6-14-26)41(37)28-21-19-27(20-22-28)40-33-17-9-7-15-29(33)31-23-24-32-30-16-8-10-18-34(30)42-36(32)35(31)40/h1-5,7,9-11,13,15,17-25,30,34,37H,6,8,12,14,16H2. The molecule has 0 spiro atoms. The molecule has 3 aromatic carbocycles. The van der Waals surface area contributed by atoms with E-state index in [9.17, 15) is 0 Å². The van der Waals surface area contributed by atoms with E-state index in [-0.39, 0.29) is 12.3 Å². The third kappa shape index (κ3) is 3.57. The van der Waals surface area contributed by atoms with E-state index >= 15 is 0 Å². The predicted molar refractivity (Wildman–Crippen MR) is 173 cm³/mol. The summed E-state index contributed by atoms with van der Waals surface area (Å²) in [6, 6.07) is 22.5. The lowest BCUT2D eigenvalue weighted by Gasteiger charge is -2.44. The van der Waals surface area contributed by atoms with Crippen molar-refractivity contribution in [1.82, 2.24) is 4.57 Å². The first-order chi connectivity index (χ1) is 20.8. The molecule has 4 nitrogen and oxygen atoms in total. The molecule has 4 heteroatoms. The first-order valence-corrected chi connectivity index (χ1v) is 15.4. The molecule has 0 saturated heterocycles. The molecule has 9 rings (SSSR count). The van der Waals surface area contributed by atoms with Gasteiger partial charge in [-0.25, -0.2) is 4.99 Å². The largest absolute Gasteiger partial charge is 0.483 e. The number of aliphatic imine (C=N–C) groups is 1. The van der Waals surface area contributed by atoms with Gasteiger partial charge in [-0.1, -0.05) is 78.9 Å².